The van der Waals surface area contributed by atoms with Gasteiger partial charge >= 0.3 is 0 Å². The normalized spacial score (nSPS) is 15.1. The van der Waals surface area contributed by atoms with E-state index in [1.807, 2.05) is 6.92 Å². The van der Waals surface area contributed by atoms with Crippen LogP contribution in [0, 0.1) is 0 Å². The lowest BCUT2D eigenvalue weighted by molar-refractivity contribution is 0.0922. The van der Waals surface area contributed by atoms with Gasteiger partial charge in [0.1, 0.15) is 0 Å². The Bertz CT molecular complexity index is 255. The molecule has 0 amide bonds. The van der Waals surface area contributed by atoms with Crippen molar-refractivity contribution in [3.63, 3.8) is 0 Å². The SMILES string of the molecule is CC(NCC(O)CO)c1cnccn1. The molecule has 2 atom stereocenters. The molecule has 0 aliphatic heterocycles. The summed E-state index contributed by atoms with van der Waals surface area (Å²) in [7, 11) is 0. The molecule has 0 spiro atoms. The maximum absolute atomic E-state index is 9.11. The first-order valence-corrected chi connectivity index (χ1v) is 4.52. The minimum atomic E-state index is -0.728. The number of aromatic nitrogens is 2. The quantitative estimate of drug-likeness (QED) is 0.592. The van der Waals surface area contributed by atoms with E-state index in [9.17, 15) is 0 Å². The number of hydrogen-bond donors (Lipinski definition) is 3. The molecule has 0 radical (unpaired) electrons. The molecule has 5 nitrogen and oxygen atoms in total. The smallest absolute Gasteiger partial charge is 0.0895 e. The predicted octanol–water partition coefficient (Wildman–Crippen LogP) is -0.520. The van der Waals surface area contributed by atoms with E-state index in [4.69, 9.17) is 10.2 Å². The number of hydrogen-bond acceptors (Lipinski definition) is 5. The van der Waals surface area contributed by atoms with Gasteiger partial charge in [0.05, 0.1) is 18.4 Å². The summed E-state index contributed by atoms with van der Waals surface area (Å²) in [6, 6.07) is 0.0184. The van der Waals surface area contributed by atoms with E-state index in [1.165, 1.54) is 0 Å². The molecule has 1 aromatic rings. The van der Waals surface area contributed by atoms with Crippen LogP contribution in [0.1, 0.15) is 18.7 Å². The van der Waals surface area contributed by atoms with E-state index in [-0.39, 0.29) is 12.6 Å². The summed E-state index contributed by atoms with van der Waals surface area (Å²) < 4.78 is 0. The van der Waals surface area contributed by atoms with Crippen LogP contribution in [-0.2, 0) is 0 Å². The second-order valence-electron chi connectivity index (χ2n) is 3.10. The zero-order chi connectivity index (χ0) is 10.4. The zero-order valence-electron chi connectivity index (χ0n) is 8.09. The van der Waals surface area contributed by atoms with Gasteiger partial charge in [0.25, 0.3) is 0 Å². The molecule has 3 N–H and O–H groups in total. The molecule has 0 saturated heterocycles. The van der Waals surface area contributed by atoms with Gasteiger partial charge in [0.15, 0.2) is 0 Å². The molecule has 78 valence electrons. The van der Waals surface area contributed by atoms with E-state index in [0.717, 1.165) is 5.69 Å². The Morgan fingerprint density at radius 2 is 2.29 bits per heavy atom. The molecule has 14 heavy (non-hydrogen) atoms. The van der Waals surface area contributed by atoms with Gasteiger partial charge < -0.3 is 15.5 Å². The number of aliphatic hydroxyl groups is 2. The van der Waals surface area contributed by atoms with E-state index < -0.39 is 6.10 Å². The molecule has 0 bridgehead atoms. The van der Waals surface area contributed by atoms with Crippen LogP contribution in [0.5, 0.6) is 0 Å². The second-order valence-corrected chi connectivity index (χ2v) is 3.10. The fourth-order valence-corrected chi connectivity index (χ4v) is 1.02. The first-order valence-electron chi connectivity index (χ1n) is 4.52. The number of nitrogens with zero attached hydrogens (tertiary/aromatic N) is 2. The molecule has 1 heterocycles. The molecule has 2 unspecified atom stereocenters. The van der Waals surface area contributed by atoms with Crippen molar-refractivity contribution in [2.75, 3.05) is 13.2 Å². The molecule has 1 rings (SSSR count). The van der Waals surface area contributed by atoms with Crippen LogP contribution in [0.4, 0.5) is 0 Å². The average molecular weight is 197 g/mol. The summed E-state index contributed by atoms with van der Waals surface area (Å²) in [4.78, 5) is 8.05. The van der Waals surface area contributed by atoms with Gasteiger partial charge in [-0.1, -0.05) is 0 Å². The standard InChI is InChI=1S/C9H15N3O2/c1-7(12-4-8(14)6-13)9-5-10-2-3-11-9/h2-3,5,7-8,12-14H,4,6H2,1H3. The first-order chi connectivity index (χ1) is 6.74. The number of rotatable bonds is 5. The van der Waals surface area contributed by atoms with E-state index in [0.29, 0.717) is 6.54 Å². The summed E-state index contributed by atoms with van der Waals surface area (Å²) >= 11 is 0. The monoisotopic (exact) mass is 197 g/mol. The van der Waals surface area contributed by atoms with Crippen LogP contribution < -0.4 is 5.32 Å². The van der Waals surface area contributed by atoms with Gasteiger partial charge in [0.2, 0.25) is 0 Å². The van der Waals surface area contributed by atoms with Crippen molar-refractivity contribution in [1.29, 1.82) is 0 Å². The molecule has 0 saturated carbocycles. The van der Waals surface area contributed by atoms with Gasteiger partial charge in [-0.2, -0.15) is 0 Å². The predicted molar refractivity (Wildman–Crippen MR) is 51.5 cm³/mol. The van der Waals surface area contributed by atoms with E-state index in [2.05, 4.69) is 15.3 Å². The van der Waals surface area contributed by atoms with Crippen LogP contribution >= 0.6 is 0 Å². The third-order valence-electron chi connectivity index (χ3n) is 1.90. The Morgan fingerprint density at radius 3 is 2.86 bits per heavy atom. The fraction of sp³-hybridized carbons (Fsp3) is 0.556. The van der Waals surface area contributed by atoms with Crippen LogP contribution in [0.3, 0.4) is 0 Å². The molecule has 0 aromatic carbocycles. The molecule has 1 aromatic heterocycles. The van der Waals surface area contributed by atoms with Crippen LogP contribution in [0.2, 0.25) is 0 Å². The minimum Gasteiger partial charge on any atom is -0.394 e. The molecule has 0 fully saturated rings. The third kappa shape index (κ3) is 3.37. The van der Waals surface area contributed by atoms with Crippen LogP contribution in [0.15, 0.2) is 18.6 Å². The molecular formula is C9H15N3O2. The van der Waals surface area contributed by atoms with Crippen molar-refractivity contribution >= 4 is 0 Å². The van der Waals surface area contributed by atoms with Gasteiger partial charge in [-0.25, -0.2) is 0 Å². The number of aliphatic hydroxyl groups excluding tert-OH is 2. The Balaban J connectivity index is 2.39. The van der Waals surface area contributed by atoms with Crippen molar-refractivity contribution < 1.29 is 10.2 Å². The summed E-state index contributed by atoms with van der Waals surface area (Å²) in [5, 5.41) is 20.7. The average Bonchev–Trinajstić information content (AvgIpc) is 2.26. The molecule has 0 aliphatic carbocycles. The lowest BCUT2D eigenvalue weighted by Crippen LogP contribution is -2.31. The zero-order valence-corrected chi connectivity index (χ0v) is 8.09. The van der Waals surface area contributed by atoms with Crippen LogP contribution in [-0.4, -0.2) is 39.4 Å². The maximum atomic E-state index is 9.11. The topological polar surface area (TPSA) is 78.3 Å². The highest BCUT2D eigenvalue weighted by Crippen LogP contribution is 2.05. The van der Waals surface area contributed by atoms with Crippen molar-refractivity contribution in [3.8, 4) is 0 Å². The maximum Gasteiger partial charge on any atom is 0.0895 e. The molecule has 5 heteroatoms. The van der Waals surface area contributed by atoms with Crippen LogP contribution in [0.25, 0.3) is 0 Å². The molecular weight excluding hydrogens is 182 g/mol. The van der Waals surface area contributed by atoms with E-state index >= 15 is 0 Å². The Labute approximate surface area is 82.8 Å². The highest BCUT2D eigenvalue weighted by molar-refractivity contribution is 5.00. The molecule has 0 aliphatic rings. The van der Waals surface area contributed by atoms with E-state index in [1.54, 1.807) is 18.6 Å². The Morgan fingerprint density at radius 1 is 1.50 bits per heavy atom. The third-order valence-corrected chi connectivity index (χ3v) is 1.90. The lowest BCUT2D eigenvalue weighted by atomic mass is 10.2. The van der Waals surface area contributed by atoms with Gasteiger partial charge in [-0.05, 0) is 6.92 Å². The fourth-order valence-electron chi connectivity index (χ4n) is 1.02. The lowest BCUT2D eigenvalue weighted by Gasteiger charge is -2.14. The minimum absolute atomic E-state index is 0.0184. The second kappa shape index (κ2) is 5.64. The van der Waals surface area contributed by atoms with Gasteiger partial charge in [0, 0.05) is 31.2 Å². The number of nitrogens with one attached hydrogen (secondary N) is 1. The van der Waals surface area contributed by atoms with Gasteiger partial charge in [-0.15, -0.1) is 0 Å². The van der Waals surface area contributed by atoms with Gasteiger partial charge in [-0.3, -0.25) is 9.97 Å². The van der Waals surface area contributed by atoms with Crippen molar-refractivity contribution in [3.05, 3.63) is 24.3 Å². The summed E-state index contributed by atoms with van der Waals surface area (Å²) in [5.74, 6) is 0. The van der Waals surface area contributed by atoms with Crippen molar-refractivity contribution in [2.24, 2.45) is 0 Å². The first kappa shape index (κ1) is 11.0. The summed E-state index contributed by atoms with van der Waals surface area (Å²) in [5.41, 5.74) is 0.817. The van der Waals surface area contributed by atoms with Crippen molar-refractivity contribution in [2.45, 2.75) is 19.1 Å². The summed E-state index contributed by atoms with van der Waals surface area (Å²) in [6.45, 7) is 2.03. The highest BCUT2D eigenvalue weighted by atomic mass is 16.3. The van der Waals surface area contributed by atoms with Crippen molar-refractivity contribution in [1.82, 2.24) is 15.3 Å². The largest absolute Gasteiger partial charge is 0.394 e. The highest BCUT2D eigenvalue weighted by Gasteiger charge is 2.08. The Kier molecular flexibility index (Phi) is 4.45. The Hall–Kier alpha value is -1.04. The summed E-state index contributed by atoms with van der Waals surface area (Å²) in [6.07, 6.45) is 4.17.